The normalized spacial score (nSPS) is 10.8. The largest absolute Gasteiger partial charge is 0.449 e. The summed E-state index contributed by atoms with van der Waals surface area (Å²) in [5.74, 6) is 0.465. The molecule has 0 saturated carbocycles. The lowest BCUT2D eigenvalue weighted by Crippen LogP contribution is -2.20. The number of carbonyl (C=O) groups is 1. The lowest BCUT2D eigenvalue weighted by molar-refractivity contribution is -0.121. The van der Waals surface area contributed by atoms with Gasteiger partial charge in [-0.1, -0.05) is 12.1 Å². The Hall–Kier alpha value is -2.14. The molecule has 0 fully saturated rings. The minimum atomic E-state index is -0.163. The summed E-state index contributed by atoms with van der Waals surface area (Å²) in [5, 5.41) is 2.77. The maximum Gasteiger partial charge on any atom is 0.250 e. The molecule has 20 heavy (non-hydrogen) atoms. The zero-order chi connectivity index (χ0) is 14.5. The Morgan fingerprint density at radius 3 is 2.60 bits per heavy atom. The van der Waals surface area contributed by atoms with Crippen molar-refractivity contribution in [3.8, 4) is 11.3 Å². The summed E-state index contributed by atoms with van der Waals surface area (Å²) in [5.41, 5.74) is 2.45. The first-order chi connectivity index (χ1) is 9.54. The van der Waals surface area contributed by atoms with Crippen LogP contribution in [0.5, 0.6) is 0 Å². The van der Waals surface area contributed by atoms with Gasteiger partial charge < -0.3 is 14.5 Å². The van der Waals surface area contributed by atoms with Gasteiger partial charge >= 0.3 is 0 Å². The molecule has 106 valence electrons. The van der Waals surface area contributed by atoms with Gasteiger partial charge in [-0.2, -0.15) is 0 Å². The van der Waals surface area contributed by atoms with Gasteiger partial charge in [0.15, 0.2) is 5.89 Å². The molecule has 1 amide bonds. The van der Waals surface area contributed by atoms with Crippen LogP contribution in [-0.2, 0) is 9.53 Å². The second-order valence-corrected chi connectivity index (χ2v) is 4.74. The summed E-state index contributed by atoms with van der Waals surface area (Å²) in [7, 11) is 0. The van der Waals surface area contributed by atoms with E-state index in [0.29, 0.717) is 5.89 Å². The molecule has 1 aromatic carbocycles. The molecule has 0 atom stereocenters. The van der Waals surface area contributed by atoms with E-state index in [1.54, 1.807) is 13.2 Å². The first kappa shape index (κ1) is 14.3. The Kier molecular flexibility index (Phi) is 4.53. The standard InChI is InChI=1S/C15H18N2O3/c1-10(2)19-9-15(18)17-13-6-4-12(5-7-13)14-8-20-11(3)16-14/h4-8,10H,9H2,1-3H3,(H,17,18). The average Bonchev–Trinajstić information content (AvgIpc) is 2.84. The van der Waals surface area contributed by atoms with Crippen molar-refractivity contribution in [2.45, 2.75) is 26.9 Å². The topological polar surface area (TPSA) is 64.4 Å². The SMILES string of the molecule is Cc1nc(-c2ccc(NC(=O)COC(C)C)cc2)co1. The summed E-state index contributed by atoms with van der Waals surface area (Å²) in [6.45, 7) is 5.64. The average molecular weight is 274 g/mol. The number of hydrogen-bond acceptors (Lipinski definition) is 4. The Morgan fingerprint density at radius 2 is 2.05 bits per heavy atom. The van der Waals surface area contributed by atoms with Crippen molar-refractivity contribution < 1.29 is 13.9 Å². The number of carbonyl (C=O) groups excluding carboxylic acids is 1. The van der Waals surface area contributed by atoms with Crippen LogP contribution >= 0.6 is 0 Å². The fourth-order valence-corrected chi connectivity index (χ4v) is 1.66. The van der Waals surface area contributed by atoms with E-state index < -0.39 is 0 Å². The van der Waals surface area contributed by atoms with E-state index in [0.717, 1.165) is 16.9 Å². The van der Waals surface area contributed by atoms with E-state index in [1.165, 1.54) is 0 Å². The number of oxazole rings is 1. The third kappa shape index (κ3) is 3.93. The first-order valence-corrected chi connectivity index (χ1v) is 6.48. The van der Waals surface area contributed by atoms with E-state index in [9.17, 15) is 4.79 Å². The molecule has 1 N–H and O–H groups in total. The van der Waals surface area contributed by atoms with Crippen LogP contribution in [0.2, 0.25) is 0 Å². The summed E-state index contributed by atoms with van der Waals surface area (Å²) in [6, 6.07) is 7.42. The minimum Gasteiger partial charge on any atom is -0.449 e. The number of amides is 1. The predicted octanol–water partition coefficient (Wildman–Crippen LogP) is 3.01. The number of rotatable bonds is 5. The number of aromatic nitrogens is 1. The van der Waals surface area contributed by atoms with Gasteiger partial charge in [0.25, 0.3) is 0 Å². The van der Waals surface area contributed by atoms with Crippen LogP contribution in [-0.4, -0.2) is 23.6 Å². The molecule has 0 radical (unpaired) electrons. The predicted molar refractivity (Wildman–Crippen MR) is 76.4 cm³/mol. The van der Waals surface area contributed by atoms with Gasteiger partial charge in [-0.25, -0.2) is 4.98 Å². The molecule has 2 aromatic rings. The molecule has 2 rings (SSSR count). The Balaban J connectivity index is 1.96. The van der Waals surface area contributed by atoms with Gasteiger partial charge in [0.1, 0.15) is 18.6 Å². The fourth-order valence-electron chi connectivity index (χ4n) is 1.66. The number of benzene rings is 1. The summed E-state index contributed by atoms with van der Waals surface area (Å²) < 4.78 is 10.4. The lowest BCUT2D eigenvalue weighted by atomic mass is 10.1. The van der Waals surface area contributed by atoms with E-state index in [4.69, 9.17) is 9.15 Å². The maximum atomic E-state index is 11.6. The van der Waals surface area contributed by atoms with Crippen LogP contribution in [0.4, 0.5) is 5.69 Å². The van der Waals surface area contributed by atoms with Crippen molar-refractivity contribution in [2.75, 3.05) is 11.9 Å². The maximum absolute atomic E-state index is 11.6. The van der Waals surface area contributed by atoms with Crippen LogP contribution in [0.1, 0.15) is 19.7 Å². The van der Waals surface area contributed by atoms with Crippen molar-refractivity contribution in [3.05, 3.63) is 36.4 Å². The van der Waals surface area contributed by atoms with E-state index >= 15 is 0 Å². The van der Waals surface area contributed by atoms with E-state index in [-0.39, 0.29) is 18.6 Å². The van der Waals surface area contributed by atoms with Crippen molar-refractivity contribution in [2.24, 2.45) is 0 Å². The minimum absolute atomic E-state index is 0.0403. The second kappa shape index (κ2) is 6.34. The van der Waals surface area contributed by atoms with Crippen LogP contribution < -0.4 is 5.32 Å². The molecule has 0 aliphatic heterocycles. The number of aryl methyl sites for hydroxylation is 1. The lowest BCUT2D eigenvalue weighted by Gasteiger charge is -2.08. The quantitative estimate of drug-likeness (QED) is 0.910. The molecule has 0 saturated heterocycles. The summed E-state index contributed by atoms with van der Waals surface area (Å²) >= 11 is 0. The van der Waals surface area contributed by atoms with Crippen LogP contribution in [0.15, 0.2) is 34.9 Å². The number of ether oxygens (including phenoxy) is 1. The highest BCUT2D eigenvalue weighted by atomic mass is 16.5. The highest BCUT2D eigenvalue weighted by molar-refractivity contribution is 5.91. The second-order valence-electron chi connectivity index (χ2n) is 4.74. The highest BCUT2D eigenvalue weighted by Gasteiger charge is 2.06. The molecular formula is C15H18N2O3. The first-order valence-electron chi connectivity index (χ1n) is 6.48. The van der Waals surface area contributed by atoms with Gasteiger partial charge in [0.05, 0.1) is 6.10 Å². The van der Waals surface area contributed by atoms with Gasteiger partial charge in [0, 0.05) is 18.2 Å². The highest BCUT2D eigenvalue weighted by Crippen LogP contribution is 2.20. The zero-order valence-corrected chi connectivity index (χ0v) is 11.8. The molecule has 5 heteroatoms. The Morgan fingerprint density at radius 1 is 1.35 bits per heavy atom. The van der Waals surface area contributed by atoms with Crippen LogP contribution in [0.3, 0.4) is 0 Å². The number of nitrogens with one attached hydrogen (secondary N) is 1. The number of nitrogens with zero attached hydrogens (tertiary/aromatic N) is 1. The molecule has 1 aromatic heterocycles. The van der Waals surface area contributed by atoms with Crippen LogP contribution in [0, 0.1) is 6.92 Å². The zero-order valence-electron chi connectivity index (χ0n) is 11.8. The smallest absolute Gasteiger partial charge is 0.250 e. The Bertz CT molecular complexity index is 573. The molecular weight excluding hydrogens is 256 g/mol. The number of hydrogen-bond donors (Lipinski definition) is 1. The third-order valence-electron chi connectivity index (χ3n) is 2.63. The van der Waals surface area contributed by atoms with Crippen molar-refractivity contribution in [3.63, 3.8) is 0 Å². The monoisotopic (exact) mass is 274 g/mol. The van der Waals surface area contributed by atoms with E-state index in [2.05, 4.69) is 10.3 Å². The van der Waals surface area contributed by atoms with Gasteiger partial charge in [0.2, 0.25) is 5.91 Å². The van der Waals surface area contributed by atoms with Crippen molar-refractivity contribution >= 4 is 11.6 Å². The number of anilines is 1. The van der Waals surface area contributed by atoms with Crippen LogP contribution in [0.25, 0.3) is 11.3 Å². The molecule has 0 unspecified atom stereocenters. The van der Waals surface area contributed by atoms with Gasteiger partial charge in [-0.15, -0.1) is 0 Å². The molecule has 0 aliphatic carbocycles. The molecule has 5 nitrogen and oxygen atoms in total. The van der Waals surface area contributed by atoms with Crippen molar-refractivity contribution in [1.29, 1.82) is 0 Å². The van der Waals surface area contributed by atoms with E-state index in [1.807, 2.05) is 38.1 Å². The summed E-state index contributed by atoms with van der Waals surface area (Å²) in [6.07, 6.45) is 1.65. The van der Waals surface area contributed by atoms with Gasteiger partial charge in [-0.3, -0.25) is 4.79 Å². The third-order valence-corrected chi connectivity index (χ3v) is 2.63. The van der Waals surface area contributed by atoms with Crippen molar-refractivity contribution in [1.82, 2.24) is 4.98 Å². The summed E-state index contributed by atoms with van der Waals surface area (Å²) in [4.78, 5) is 15.9. The molecule has 0 bridgehead atoms. The fraction of sp³-hybridized carbons (Fsp3) is 0.333. The molecule has 0 spiro atoms. The van der Waals surface area contributed by atoms with Gasteiger partial charge in [-0.05, 0) is 26.0 Å². The molecule has 0 aliphatic rings. The Labute approximate surface area is 118 Å². The molecule has 1 heterocycles.